The SMILES string of the molecule is C=O.C=O.C=O.C=O.C=O.C=O.C=O.C=O.C=O.C=O.CC.CC.CC.CC(=O)N(C)[C@@H](Cc1ccccc1)C(=O)N[C@@H](C)C(=O)N1CCCCC1.CC(C)C.CC(C)O.CCC(C)C.CCc1ccccc1.CCc1ccccc1.CN.CN.CN.CN.CN.N.N.N.N.N. The molecule has 0 aliphatic carbocycles. The van der Waals surface area contributed by atoms with E-state index < -0.39 is 12.1 Å². The maximum atomic E-state index is 12.8. The topological polar surface area (TPSA) is 566 Å². The van der Waals surface area contributed by atoms with Gasteiger partial charge in [0.1, 0.15) is 80.0 Å². The van der Waals surface area contributed by atoms with Crippen molar-refractivity contribution in [3.05, 3.63) is 108 Å². The molecule has 27 N–H and O–H groups in total. The Bertz CT molecular complexity index is 1490. The lowest BCUT2D eigenvalue weighted by Gasteiger charge is -2.31. The van der Waals surface area contributed by atoms with Crippen LogP contribution in [0.15, 0.2) is 91.0 Å². The van der Waals surface area contributed by atoms with E-state index in [2.05, 4.69) is 138 Å². The number of nitrogens with two attached hydrogens (primary N) is 5. The molecule has 1 aliphatic heterocycles. The van der Waals surface area contributed by atoms with Crippen LogP contribution in [0.25, 0.3) is 0 Å². The number of rotatable bonds is 9. The molecule has 0 saturated carbocycles. The predicted molar refractivity (Wildman–Crippen MR) is 416 cm³/mol. The minimum Gasteiger partial charge on any atom is -0.394 e. The number of aryl methyl sites for hydroxylation is 2. The monoisotopic (exact) mass is 1390 g/mol. The highest BCUT2D eigenvalue weighted by molar-refractivity contribution is 5.91. The Hall–Kier alpha value is -7.67. The molecule has 1 heterocycles. The van der Waals surface area contributed by atoms with Crippen LogP contribution >= 0.6 is 0 Å². The number of likely N-dealkylation sites (N-methyl/N-ethyl adjacent to an activating group) is 1. The van der Waals surface area contributed by atoms with Crippen LogP contribution in [-0.4, -0.2) is 174 Å². The van der Waals surface area contributed by atoms with Crippen LogP contribution in [0.3, 0.4) is 0 Å². The maximum Gasteiger partial charge on any atom is 0.244 e. The molecular weight excluding hydrogens is 1230 g/mol. The summed E-state index contributed by atoms with van der Waals surface area (Å²) in [6, 6.07) is 29.2. The lowest BCUT2D eigenvalue weighted by molar-refractivity contribution is -0.140. The van der Waals surface area contributed by atoms with Crippen molar-refractivity contribution in [3.8, 4) is 0 Å². The summed E-state index contributed by atoms with van der Waals surface area (Å²) in [5.41, 5.74) is 26.3. The Morgan fingerprint density at radius 2 is 0.646 bits per heavy atom. The molecule has 582 valence electrons. The van der Waals surface area contributed by atoms with Gasteiger partial charge in [0.25, 0.3) is 0 Å². The van der Waals surface area contributed by atoms with Gasteiger partial charge in [-0.05, 0) is 117 Å². The molecule has 0 bridgehead atoms. The number of carbonyl (C=O) groups is 13. The zero-order chi connectivity index (χ0) is 78.2. The first-order valence-electron chi connectivity index (χ1n) is 29.4. The molecule has 27 heteroatoms. The van der Waals surface area contributed by atoms with Crippen LogP contribution in [0.5, 0.6) is 0 Å². The second-order valence-corrected chi connectivity index (χ2v) is 15.3. The number of amides is 3. The van der Waals surface area contributed by atoms with Crippen LogP contribution in [-0.2, 0) is 81.6 Å². The zero-order valence-corrected chi connectivity index (χ0v) is 65.6. The molecule has 0 aromatic heterocycles. The summed E-state index contributed by atoms with van der Waals surface area (Å²) < 4.78 is 0. The Morgan fingerprint density at radius 3 is 0.812 bits per heavy atom. The molecule has 0 spiro atoms. The fourth-order valence-electron chi connectivity index (χ4n) is 4.65. The van der Waals surface area contributed by atoms with Crippen molar-refractivity contribution in [2.75, 3.05) is 55.4 Å². The summed E-state index contributed by atoms with van der Waals surface area (Å²) in [5.74, 6) is 1.18. The summed E-state index contributed by atoms with van der Waals surface area (Å²) >= 11 is 0. The van der Waals surface area contributed by atoms with E-state index in [0.29, 0.717) is 6.42 Å². The van der Waals surface area contributed by atoms with Crippen molar-refractivity contribution < 1.29 is 67.4 Å². The number of nitrogens with zero attached hydrogens (tertiary/aromatic N) is 2. The molecule has 0 unspecified atom stereocenters. The lowest BCUT2D eigenvalue weighted by Crippen LogP contribution is -2.54. The lowest BCUT2D eigenvalue weighted by atomic mass is 10.0. The largest absolute Gasteiger partial charge is 0.394 e. The highest BCUT2D eigenvalue weighted by atomic mass is 16.3. The van der Waals surface area contributed by atoms with Gasteiger partial charge in [0, 0.05) is 39.6 Å². The number of hydrogen-bond acceptors (Lipinski definition) is 24. The second kappa shape index (κ2) is 205. The first-order chi connectivity index (χ1) is 44.0. The molecule has 27 nitrogen and oxygen atoms in total. The quantitative estimate of drug-likeness (QED) is 0.0947. The predicted octanol–water partition coefficient (Wildman–Crippen LogP) is 10.1. The van der Waals surface area contributed by atoms with Crippen LogP contribution in [0.4, 0.5) is 0 Å². The van der Waals surface area contributed by atoms with E-state index in [0.717, 1.165) is 62.6 Å². The number of hydrogen-bond donors (Lipinski definition) is 12. The first kappa shape index (κ1) is 168. The Morgan fingerprint density at radius 1 is 0.448 bits per heavy atom. The number of likely N-dealkylation sites (tertiary alicyclic amines) is 1. The van der Waals surface area contributed by atoms with Crippen molar-refractivity contribution in [1.29, 1.82) is 0 Å². The molecular formula is C69H157N13O14. The summed E-state index contributed by atoms with van der Waals surface area (Å²) in [6.07, 6.45) is 6.99. The van der Waals surface area contributed by atoms with Crippen molar-refractivity contribution in [1.82, 2.24) is 45.9 Å². The summed E-state index contributed by atoms with van der Waals surface area (Å²) in [6.45, 7) is 57.6. The van der Waals surface area contributed by atoms with E-state index in [1.807, 2.05) is 157 Å². The molecule has 3 aromatic rings. The number of benzene rings is 3. The van der Waals surface area contributed by atoms with E-state index >= 15 is 0 Å². The van der Waals surface area contributed by atoms with Crippen LogP contribution in [0.1, 0.15) is 167 Å². The fraction of sp³-hybridized carbons (Fsp3) is 0.551. The average Bonchev–Trinajstić information content (AvgIpc) is 3.66. The smallest absolute Gasteiger partial charge is 0.244 e. The van der Waals surface area contributed by atoms with E-state index in [-0.39, 0.29) is 54.6 Å². The molecule has 3 aromatic carbocycles. The molecule has 1 aliphatic rings. The third kappa shape index (κ3) is 185. The van der Waals surface area contributed by atoms with E-state index in [1.165, 1.54) is 64.6 Å². The number of nitrogens with one attached hydrogen (secondary N) is 1. The third-order valence-corrected chi connectivity index (χ3v) is 8.25. The van der Waals surface area contributed by atoms with Gasteiger partial charge in [-0.1, -0.05) is 194 Å². The fourth-order valence-corrected chi connectivity index (χ4v) is 4.65. The van der Waals surface area contributed by atoms with Gasteiger partial charge in [0.2, 0.25) is 17.7 Å². The summed E-state index contributed by atoms with van der Waals surface area (Å²) in [4.78, 5) is 120. The standard InChI is InChI=1S/C20H29N3O3.2C8H10.C5H12.C4H10.C3H8O.3C2H6.5CH5N.10CH2O.5H3N/c1-15(20(26)23-12-8-5-9-13-23)21-19(25)18(22(3)16(2)24)14-17-10-6-4-7-11-17;2*1-2-8-6-4-3-5-7-8;1-4-5(2)3;1-4(2)3;1-3(2)4;18*1-2;;;;;/h4,6-7,10-11,15,18H,5,8-9,12-14H2,1-3H3,(H,21,25);2*3-7H,2H2,1H3;5H,4H2,1-3H3;4H,1-3H3;3-4H,1-2H3;3*1-2H3;5*2H2,1H3;10*1H2;5*1H3/t15-,18-;;;;;;;;;;;;;;;;;;;;;;;;;;;;/m0............................/s1. The molecule has 3 amide bonds. The van der Waals surface area contributed by atoms with Gasteiger partial charge in [-0.3, -0.25) is 14.4 Å². The number of piperidine rings is 1. The van der Waals surface area contributed by atoms with E-state index in [4.69, 9.17) is 53.1 Å². The van der Waals surface area contributed by atoms with Crippen LogP contribution in [0.2, 0.25) is 0 Å². The van der Waals surface area contributed by atoms with E-state index in [1.54, 1.807) is 27.8 Å². The van der Waals surface area contributed by atoms with Crippen molar-refractivity contribution in [2.24, 2.45) is 40.5 Å². The van der Waals surface area contributed by atoms with Gasteiger partial charge in [-0.25, -0.2) is 0 Å². The van der Waals surface area contributed by atoms with Crippen LogP contribution < -0.4 is 64.7 Å². The maximum absolute atomic E-state index is 12.8. The Balaban J connectivity index is -0.0000000268. The third-order valence-electron chi connectivity index (χ3n) is 8.25. The Labute approximate surface area is 588 Å². The zero-order valence-electron chi connectivity index (χ0n) is 65.6. The van der Waals surface area contributed by atoms with Crippen LogP contribution in [0, 0.1) is 11.8 Å². The minimum absolute atomic E-state index is 0. The molecule has 96 heavy (non-hydrogen) atoms. The van der Waals surface area contributed by atoms with Crippen molar-refractivity contribution in [3.63, 3.8) is 0 Å². The number of aliphatic hydroxyl groups is 1. The highest BCUT2D eigenvalue weighted by Crippen LogP contribution is 2.12. The average molecular weight is 1390 g/mol. The van der Waals surface area contributed by atoms with Crippen molar-refractivity contribution >= 4 is 85.6 Å². The minimum atomic E-state index is -0.647. The van der Waals surface area contributed by atoms with Gasteiger partial charge in [-0.15, -0.1) is 0 Å². The Kier molecular flexibility index (Phi) is 359. The number of carbonyl (C=O) groups excluding carboxylic acids is 13. The summed E-state index contributed by atoms with van der Waals surface area (Å²) in [5, 5.41) is 10.9. The highest BCUT2D eigenvalue weighted by Gasteiger charge is 2.29. The molecule has 2 atom stereocenters. The van der Waals surface area contributed by atoms with Gasteiger partial charge in [0.05, 0.1) is 0 Å². The summed E-state index contributed by atoms with van der Waals surface area (Å²) in [7, 11) is 9.12. The van der Waals surface area contributed by atoms with Gasteiger partial charge in [0.15, 0.2) is 0 Å². The molecule has 0 radical (unpaired) electrons. The number of aliphatic hydroxyl groups excluding tert-OH is 1. The molecule has 4 rings (SSSR count). The normalized spacial score (nSPS) is 8.16. The van der Waals surface area contributed by atoms with Gasteiger partial charge in [-0.2, -0.15) is 0 Å². The molecule has 1 saturated heterocycles. The second-order valence-electron chi connectivity index (χ2n) is 15.3. The van der Waals surface area contributed by atoms with Gasteiger partial charge >= 0.3 is 0 Å². The van der Waals surface area contributed by atoms with Gasteiger partial charge < -0.3 is 128 Å². The van der Waals surface area contributed by atoms with Crippen molar-refractivity contribution in [2.45, 2.75) is 188 Å². The van der Waals surface area contributed by atoms with E-state index in [9.17, 15) is 14.4 Å². The molecule has 1 fully saturated rings. The first-order valence-corrected chi connectivity index (χ1v) is 29.4.